The van der Waals surface area contributed by atoms with E-state index in [9.17, 15) is 14.9 Å². The van der Waals surface area contributed by atoms with Gasteiger partial charge in [-0.1, -0.05) is 32.0 Å². The summed E-state index contributed by atoms with van der Waals surface area (Å²) in [4.78, 5) is 24.2. The van der Waals surface area contributed by atoms with E-state index in [1.807, 2.05) is 49.7 Å². The van der Waals surface area contributed by atoms with Gasteiger partial charge in [0.1, 0.15) is 5.54 Å². The van der Waals surface area contributed by atoms with E-state index in [4.69, 9.17) is 4.74 Å². The van der Waals surface area contributed by atoms with E-state index in [1.165, 1.54) is 0 Å². The third-order valence-corrected chi connectivity index (χ3v) is 4.24. The van der Waals surface area contributed by atoms with Gasteiger partial charge in [0, 0.05) is 24.1 Å². The number of hydrogen-bond acceptors (Lipinski definition) is 4. The fraction of sp³-hybridized carbons (Fsp3) is 0.389. The topological polar surface area (TPSA) is 84.1 Å². The molecule has 126 valence electrons. The predicted octanol–water partition coefficient (Wildman–Crippen LogP) is 2.39. The molecule has 24 heavy (non-hydrogen) atoms. The molecule has 0 aliphatic rings. The maximum atomic E-state index is 12.3. The molecule has 1 atom stereocenters. The number of esters is 1. The molecule has 0 saturated heterocycles. The number of hydrogen-bond donors (Lipinski definition) is 1. The van der Waals surface area contributed by atoms with Gasteiger partial charge in [-0.3, -0.25) is 4.79 Å². The fourth-order valence-corrected chi connectivity index (χ4v) is 2.34. The zero-order valence-corrected chi connectivity index (χ0v) is 14.3. The molecule has 1 aromatic carbocycles. The highest BCUT2D eigenvalue weighted by Crippen LogP contribution is 2.21. The number of aryl methyl sites for hydroxylation is 1. The molecular formula is C18H21N3O3. The molecule has 2 aromatic rings. The number of para-hydroxylation sites is 1. The second kappa shape index (κ2) is 6.75. The van der Waals surface area contributed by atoms with E-state index in [-0.39, 0.29) is 5.92 Å². The largest absolute Gasteiger partial charge is 0.452 e. The first-order valence-electron chi connectivity index (χ1n) is 7.72. The van der Waals surface area contributed by atoms with Crippen LogP contribution in [0.1, 0.15) is 31.1 Å². The number of nitriles is 1. The van der Waals surface area contributed by atoms with E-state index in [1.54, 1.807) is 13.1 Å². The van der Waals surface area contributed by atoms with Crippen molar-refractivity contribution >= 4 is 22.8 Å². The number of aromatic nitrogens is 1. The van der Waals surface area contributed by atoms with Crippen LogP contribution in [0.2, 0.25) is 0 Å². The molecule has 0 fully saturated rings. The van der Waals surface area contributed by atoms with Gasteiger partial charge in [0.2, 0.25) is 0 Å². The zero-order chi connectivity index (χ0) is 17.9. The molecule has 0 radical (unpaired) electrons. The van der Waals surface area contributed by atoms with Gasteiger partial charge in [0.25, 0.3) is 5.91 Å². The van der Waals surface area contributed by atoms with Crippen molar-refractivity contribution in [2.24, 2.45) is 13.0 Å². The molecule has 6 heteroatoms. The number of nitrogens with zero attached hydrogens (tertiary/aromatic N) is 2. The summed E-state index contributed by atoms with van der Waals surface area (Å²) in [6.45, 7) is 4.89. The predicted molar refractivity (Wildman–Crippen MR) is 90.2 cm³/mol. The third-order valence-electron chi connectivity index (χ3n) is 4.24. The monoisotopic (exact) mass is 327 g/mol. The van der Waals surface area contributed by atoms with Crippen LogP contribution < -0.4 is 5.32 Å². The van der Waals surface area contributed by atoms with Crippen molar-refractivity contribution in [3.05, 3.63) is 36.0 Å². The second-order valence-electron chi connectivity index (χ2n) is 6.26. The van der Waals surface area contributed by atoms with Gasteiger partial charge in [-0.2, -0.15) is 5.26 Å². The average Bonchev–Trinajstić information content (AvgIpc) is 2.90. The van der Waals surface area contributed by atoms with E-state index in [0.29, 0.717) is 5.56 Å². The SMILES string of the molecule is CC(C)[C@@](C)(C#N)NC(=O)COC(=O)c1cn(C)c2ccccc12. The van der Waals surface area contributed by atoms with E-state index >= 15 is 0 Å². The van der Waals surface area contributed by atoms with Crippen LogP contribution in [0.25, 0.3) is 10.9 Å². The lowest BCUT2D eigenvalue weighted by Gasteiger charge is -2.27. The molecule has 1 N–H and O–H groups in total. The van der Waals surface area contributed by atoms with Crippen molar-refractivity contribution in [1.82, 2.24) is 9.88 Å². The number of fused-ring (bicyclic) bond motifs is 1. The van der Waals surface area contributed by atoms with Crippen LogP contribution in [0.3, 0.4) is 0 Å². The number of carbonyl (C=O) groups excluding carboxylic acids is 2. The van der Waals surface area contributed by atoms with Gasteiger partial charge in [0.05, 0.1) is 11.6 Å². The maximum absolute atomic E-state index is 12.3. The van der Waals surface area contributed by atoms with E-state index in [2.05, 4.69) is 11.4 Å². The fourth-order valence-electron chi connectivity index (χ4n) is 2.34. The minimum absolute atomic E-state index is 0.0692. The summed E-state index contributed by atoms with van der Waals surface area (Å²) in [5.41, 5.74) is 0.321. The van der Waals surface area contributed by atoms with Crippen LogP contribution in [0.4, 0.5) is 0 Å². The highest BCUT2D eigenvalue weighted by molar-refractivity contribution is 6.04. The zero-order valence-electron chi connectivity index (χ0n) is 14.3. The molecule has 0 unspecified atom stereocenters. The Morgan fingerprint density at radius 1 is 1.38 bits per heavy atom. The number of carbonyl (C=O) groups is 2. The molecule has 0 aliphatic heterocycles. The Balaban J connectivity index is 2.05. The molecule has 0 bridgehead atoms. The van der Waals surface area contributed by atoms with Gasteiger partial charge < -0.3 is 14.6 Å². The van der Waals surface area contributed by atoms with E-state index < -0.39 is 24.0 Å². The lowest BCUT2D eigenvalue weighted by atomic mass is 9.90. The summed E-state index contributed by atoms with van der Waals surface area (Å²) in [6.07, 6.45) is 1.68. The van der Waals surface area contributed by atoms with Gasteiger partial charge in [-0.25, -0.2) is 4.79 Å². The Kier molecular flexibility index (Phi) is 4.93. The third kappa shape index (κ3) is 3.40. The quantitative estimate of drug-likeness (QED) is 0.855. The smallest absolute Gasteiger partial charge is 0.340 e. The number of ether oxygens (including phenoxy) is 1. The Morgan fingerprint density at radius 3 is 2.67 bits per heavy atom. The molecule has 6 nitrogen and oxygen atoms in total. The van der Waals surface area contributed by atoms with Crippen LogP contribution in [-0.4, -0.2) is 28.6 Å². The summed E-state index contributed by atoms with van der Waals surface area (Å²) in [6, 6.07) is 9.54. The number of rotatable bonds is 5. The standard InChI is InChI=1S/C18H21N3O3/c1-12(2)18(3,11-19)20-16(22)10-24-17(23)14-9-21(4)15-8-6-5-7-13(14)15/h5-9,12H,10H2,1-4H3,(H,20,22)/t18-/m1/s1. The van der Waals surface area contributed by atoms with Gasteiger partial charge in [-0.15, -0.1) is 0 Å². The Hall–Kier alpha value is -2.81. The van der Waals surface area contributed by atoms with Crippen LogP contribution in [-0.2, 0) is 16.6 Å². The summed E-state index contributed by atoms with van der Waals surface area (Å²) >= 11 is 0. The van der Waals surface area contributed by atoms with Crippen LogP contribution in [0.15, 0.2) is 30.5 Å². The minimum atomic E-state index is -0.997. The molecule has 0 spiro atoms. The molecular weight excluding hydrogens is 306 g/mol. The van der Waals surface area contributed by atoms with Crippen molar-refractivity contribution in [1.29, 1.82) is 5.26 Å². The Morgan fingerprint density at radius 2 is 2.04 bits per heavy atom. The Bertz CT molecular complexity index is 817. The average molecular weight is 327 g/mol. The molecule has 1 amide bonds. The highest BCUT2D eigenvalue weighted by atomic mass is 16.5. The maximum Gasteiger partial charge on any atom is 0.340 e. The first-order chi connectivity index (χ1) is 11.3. The summed E-state index contributed by atoms with van der Waals surface area (Å²) in [5.74, 6) is -1.13. The first-order valence-corrected chi connectivity index (χ1v) is 7.72. The van der Waals surface area contributed by atoms with Gasteiger partial charge in [0.15, 0.2) is 6.61 Å². The molecule has 0 saturated carbocycles. The molecule has 1 aromatic heterocycles. The summed E-state index contributed by atoms with van der Waals surface area (Å²) < 4.78 is 6.94. The van der Waals surface area contributed by atoms with E-state index in [0.717, 1.165) is 10.9 Å². The molecule has 0 aliphatic carbocycles. The minimum Gasteiger partial charge on any atom is -0.452 e. The van der Waals surface area contributed by atoms with Crippen molar-refractivity contribution < 1.29 is 14.3 Å². The number of nitrogens with one attached hydrogen (secondary N) is 1. The summed E-state index contributed by atoms with van der Waals surface area (Å²) in [7, 11) is 1.84. The Labute approximate surface area is 141 Å². The normalized spacial score (nSPS) is 13.3. The van der Waals surface area contributed by atoms with Crippen molar-refractivity contribution in [2.75, 3.05) is 6.61 Å². The number of benzene rings is 1. The molecule has 2 rings (SSSR count). The van der Waals surface area contributed by atoms with Gasteiger partial charge in [-0.05, 0) is 18.9 Å². The lowest BCUT2D eigenvalue weighted by Crippen LogP contribution is -2.50. The first kappa shape index (κ1) is 17.5. The van der Waals surface area contributed by atoms with Crippen LogP contribution in [0, 0.1) is 17.2 Å². The van der Waals surface area contributed by atoms with Gasteiger partial charge >= 0.3 is 5.97 Å². The van der Waals surface area contributed by atoms with Crippen LogP contribution >= 0.6 is 0 Å². The molecule has 1 heterocycles. The van der Waals surface area contributed by atoms with Crippen molar-refractivity contribution in [3.8, 4) is 6.07 Å². The number of amides is 1. The van der Waals surface area contributed by atoms with Crippen molar-refractivity contribution in [2.45, 2.75) is 26.3 Å². The second-order valence-corrected chi connectivity index (χ2v) is 6.26. The summed E-state index contributed by atoms with van der Waals surface area (Å²) in [5, 5.41) is 12.6. The van der Waals surface area contributed by atoms with Crippen molar-refractivity contribution in [3.63, 3.8) is 0 Å². The lowest BCUT2D eigenvalue weighted by molar-refractivity contribution is -0.125. The van der Waals surface area contributed by atoms with Crippen LogP contribution in [0.5, 0.6) is 0 Å². The highest BCUT2D eigenvalue weighted by Gasteiger charge is 2.30.